The van der Waals surface area contributed by atoms with E-state index in [2.05, 4.69) is 178 Å². The smallest absolute Gasteiger partial charge is 0.000718 e. The minimum Gasteiger partial charge on any atom is -0.317 e. The molecule has 5 saturated heterocycles. The minimum atomic E-state index is 0. The summed E-state index contributed by atoms with van der Waals surface area (Å²) in [6, 6.07) is 0. The first-order valence-electron chi connectivity index (χ1n) is 41.1. The molecule has 5 heterocycles. The molecule has 0 aromatic carbocycles. The van der Waals surface area contributed by atoms with Crippen molar-refractivity contribution in [3.8, 4) is 0 Å². The van der Waals surface area contributed by atoms with Gasteiger partial charge in [0.2, 0.25) is 0 Å². The highest BCUT2D eigenvalue weighted by molar-refractivity contribution is 4.77. The Morgan fingerprint density at radius 1 is 0.220 bits per heavy atom. The van der Waals surface area contributed by atoms with Gasteiger partial charge in [0, 0.05) is 19.6 Å². The standard InChI is InChI=1S/C11H23N.C10H21N.C10H20.3C9H19N.3C9H18.CH4/c1-10(2)9-11-5-4-7-12(3)8-6-11;1-9(2)8-10-4-3-6-11-7-5-10;1-9(2)8-10-6-4-3-5-7-10;3*1-8(2)6-9-4-5-10(3)7-9;3*1-8(2)7-9-5-3-4-6-9;/h10-11H,4-9H2,1-3H3;9-11H,3-8H2,1-2H3;9-10H,3-8H2,1-2H3;3*8-9H,4-7H2,1-3H3;3*8-9H,3-7H2,1-2H3;1H4/t;;;2*9-;;;;;/m...10...../s1. The Labute approximate surface area is 578 Å². The zero-order valence-corrected chi connectivity index (χ0v) is 66.5. The summed E-state index contributed by atoms with van der Waals surface area (Å²) in [5, 5.41) is 3.45. The normalized spacial score (nSPS) is 25.0. The van der Waals surface area contributed by atoms with Crippen LogP contribution in [-0.2, 0) is 0 Å². The van der Waals surface area contributed by atoms with Crippen LogP contribution in [0.5, 0.6) is 0 Å². The van der Waals surface area contributed by atoms with Crippen molar-refractivity contribution in [2.45, 2.75) is 357 Å². The summed E-state index contributed by atoms with van der Waals surface area (Å²) in [6.07, 6.45) is 51.4. The Kier molecular flexibility index (Phi) is 56.5. The molecule has 4 saturated carbocycles. The maximum absolute atomic E-state index is 3.45. The van der Waals surface area contributed by atoms with E-state index in [0.717, 1.165) is 107 Å². The van der Waals surface area contributed by atoms with Crippen LogP contribution in [-0.4, -0.2) is 113 Å². The second kappa shape index (κ2) is 56.7. The molecule has 91 heavy (non-hydrogen) atoms. The molecule has 0 bridgehead atoms. The average Bonchev–Trinajstić information content (AvgIpc) is 4.47. The van der Waals surface area contributed by atoms with E-state index in [1.165, 1.54) is 290 Å². The van der Waals surface area contributed by atoms with E-state index in [-0.39, 0.29) is 7.43 Å². The van der Waals surface area contributed by atoms with Gasteiger partial charge in [-0.15, -0.1) is 0 Å². The van der Waals surface area contributed by atoms with E-state index in [1.807, 2.05) is 0 Å². The van der Waals surface area contributed by atoms with Crippen molar-refractivity contribution < 1.29 is 0 Å². The molecule has 4 aliphatic carbocycles. The molecule has 1 N–H and O–H groups in total. The number of rotatable bonds is 18. The SMILES string of the molecule is C.CC(C)CC1CCCC1.CC(C)CC1CCCC1.CC(C)CC1CCCC1.CC(C)CC1CCCCC1.CC(C)CC1CCCN(C)CC1.CC(C)CC1CCCNCC1.CC(C)CC1CCN(C)C1.CC(C)C[C@@H]1CCN(C)C1.CC(C)C[C@H]1CCN(C)C1. The average molecular weight is 1280 g/mol. The third kappa shape index (κ3) is 55.4. The van der Waals surface area contributed by atoms with E-state index in [9.17, 15) is 0 Å². The predicted octanol–water partition coefficient (Wildman–Crippen LogP) is 25.1. The van der Waals surface area contributed by atoms with Crippen molar-refractivity contribution in [3.63, 3.8) is 0 Å². The number of likely N-dealkylation sites (tertiary alicyclic amines) is 4. The Bertz CT molecular complexity index is 1370. The summed E-state index contributed by atoms with van der Waals surface area (Å²) >= 11 is 0. The summed E-state index contributed by atoms with van der Waals surface area (Å²) in [6.45, 7) is 55.0. The first-order valence-corrected chi connectivity index (χ1v) is 41.1. The van der Waals surface area contributed by atoms with Crippen molar-refractivity contribution >= 4 is 0 Å². The minimum absolute atomic E-state index is 0. The van der Waals surface area contributed by atoms with Crippen LogP contribution in [0, 0.1) is 107 Å². The van der Waals surface area contributed by atoms with Crippen LogP contribution in [0.1, 0.15) is 357 Å². The second-order valence-corrected chi connectivity index (χ2v) is 36.5. The topological polar surface area (TPSA) is 25.0 Å². The van der Waals surface area contributed by atoms with Crippen LogP contribution in [0.4, 0.5) is 0 Å². The van der Waals surface area contributed by atoms with E-state index in [4.69, 9.17) is 0 Å². The van der Waals surface area contributed by atoms with E-state index in [0.29, 0.717) is 0 Å². The van der Waals surface area contributed by atoms with Gasteiger partial charge in [0.25, 0.3) is 0 Å². The van der Waals surface area contributed by atoms with Gasteiger partial charge < -0.3 is 24.9 Å². The molecule has 0 aromatic rings. The molecule has 0 radical (unpaired) electrons. The molecule has 5 atom stereocenters. The lowest BCUT2D eigenvalue weighted by Gasteiger charge is -2.22. The van der Waals surface area contributed by atoms with Crippen molar-refractivity contribution in [2.75, 3.05) is 93.6 Å². The number of hydrogen-bond acceptors (Lipinski definition) is 5. The molecular weight excluding hydrogens is 1100 g/mol. The third-order valence-corrected chi connectivity index (χ3v) is 21.6. The summed E-state index contributed by atoms with van der Waals surface area (Å²) in [7, 11) is 8.92. The first kappa shape index (κ1) is 90.8. The maximum Gasteiger partial charge on any atom is 0.000718 e. The number of nitrogens with one attached hydrogen (secondary N) is 1. The van der Waals surface area contributed by atoms with Gasteiger partial charge in [0.05, 0.1) is 0 Å². The zero-order chi connectivity index (χ0) is 67.2. The summed E-state index contributed by atoms with van der Waals surface area (Å²) in [5.41, 5.74) is 0. The Morgan fingerprint density at radius 3 is 0.692 bits per heavy atom. The molecule has 9 aliphatic rings. The molecule has 0 aromatic heterocycles. The zero-order valence-electron chi connectivity index (χ0n) is 66.5. The van der Waals surface area contributed by atoms with Crippen molar-refractivity contribution in [3.05, 3.63) is 0 Å². The fourth-order valence-electron chi connectivity index (χ4n) is 17.7. The summed E-state index contributed by atoms with van der Waals surface area (Å²) in [5.74, 6) is 17.5. The number of hydrogen-bond donors (Lipinski definition) is 1. The largest absolute Gasteiger partial charge is 0.317 e. The van der Waals surface area contributed by atoms with Gasteiger partial charge in [-0.1, -0.05) is 241 Å². The highest BCUT2D eigenvalue weighted by Crippen LogP contribution is 2.33. The fourth-order valence-corrected chi connectivity index (χ4v) is 17.7. The molecule has 548 valence electrons. The lowest BCUT2D eigenvalue weighted by atomic mass is 9.84. The van der Waals surface area contributed by atoms with Crippen LogP contribution in [0.25, 0.3) is 0 Å². The second-order valence-electron chi connectivity index (χ2n) is 36.5. The van der Waals surface area contributed by atoms with Gasteiger partial charge >= 0.3 is 0 Å². The van der Waals surface area contributed by atoms with Crippen LogP contribution in [0.15, 0.2) is 0 Å². The fraction of sp³-hybridized carbons (Fsp3) is 1.00. The van der Waals surface area contributed by atoms with Crippen molar-refractivity contribution in [2.24, 2.45) is 107 Å². The van der Waals surface area contributed by atoms with Gasteiger partial charge in [-0.05, 0) is 296 Å². The maximum atomic E-state index is 3.45. The molecule has 5 nitrogen and oxygen atoms in total. The van der Waals surface area contributed by atoms with Gasteiger partial charge in [-0.2, -0.15) is 0 Å². The highest BCUT2D eigenvalue weighted by atomic mass is 15.1. The first-order chi connectivity index (χ1) is 42.7. The quantitative estimate of drug-likeness (QED) is 0.147. The Balaban J connectivity index is 0.00000100. The molecule has 0 amide bonds. The van der Waals surface area contributed by atoms with Crippen molar-refractivity contribution in [1.82, 2.24) is 24.9 Å². The lowest BCUT2D eigenvalue weighted by molar-refractivity contribution is 0.305. The monoisotopic (exact) mass is 1280 g/mol. The van der Waals surface area contributed by atoms with Crippen LogP contribution in [0.3, 0.4) is 0 Å². The van der Waals surface area contributed by atoms with Crippen LogP contribution >= 0.6 is 0 Å². The third-order valence-electron chi connectivity index (χ3n) is 21.6. The lowest BCUT2D eigenvalue weighted by Crippen LogP contribution is -2.19. The van der Waals surface area contributed by atoms with Crippen molar-refractivity contribution in [1.29, 1.82) is 0 Å². The van der Waals surface area contributed by atoms with Gasteiger partial charge in [-0.25, -0.2) is 0 Å². The summed E-state index contributed by atoms with van der Waals surface area (Å²) in [4.78, 5) is 9.79. The predicted molar refractivity (Wildman–Crippen MR) is 416 cm³/mol. The van der Waals surface area contributed by atoms with E-state index in [1.54, 1.807) is 0 Å². The molecule has 0 spiro atoms. The summed E-state index contributed by atoms with van der Waals surface area (Å²) < 4.78 is 0. The van der Waals surface area contributed by atoms with Crippen LogP contribution in [0.2, 0.25) is 0 Å². The molecule has 5 heteroatoms. The molecular formula is C86H179N5. The number of nitrogens with zero attached hydrogens (tertiary/aromatic N) is 4. The molecule has 3 unspecified atom stereocenters. The van der Waals surface area contributed by atoms with Crippen LogP contribution < -0.4 is 5.32 Å². The molecule has 9 rings (SSSR count). The van der Waals surface area contributed by atoms with E-state index < -0.39 is 0 Å². The Hall–Kier alpha value is -0.200. The molecule has 9 fully saturated rings. The van der Waals surface area contributed by atoms with Gasteiger partial charge in [-0.3, -0.25) is 0 Å². The van der Waals surface area contributed by atoms with Gasteiger partial charge in [0.15, 0.2) is 0 Å². The van der Waals surface area contributed by atoms with E-state index >= 15 is 0 Å². The van der Waals surface area contributed by atoms with Gasteiger partial charge in [0.1, 0.15) is 0 Å². The Morgan fingerprint density at radius 2 is 0.429 bits per heavy atom. The molecule has 5 aliphatic heterocycles. The highest BCUT2D eigenvalue weighted by Gasteiger charge is 2.23.